The van der Waals surface area contributed by atoms with Gasteiger partial charge in [-0.2, -0.15) is 5.48 Å². The Morgan fingerprint density at radius 3 is 2.83 bits per heavy atom. The number of benzene rings is 1. The van der Waals surface area contributed by atoms with Gasteiger partial charge in [-0.15, -0.1) is 0 Å². The predicted molar refractivity (Wildman–Crippen MR) is 66.4 cm³/mol. The summed E-state index contributed by atoms with van der Waals surface area (Å²) in [7, 11) is 0. The lowest BCUT2D eigenvalue weighted by Gasteiger charge is -2.15. The molecule has 0 radical (unpaired) electrons. The first-order chi connectivity index (χ1) is 8.75. The molecule has 0 saturated carbocycles. The van der Waals surface area contributed by atoms with E-state index in [2.05, 4.69) is 5.48 Å². The molecule has 2 rings (SSSR count). The van der Waals surface area contributed by atoms with Crippen LogP contribution >= 0.6 is 0 Å². The van der Waals surface area contributed by atoms with Crippen molar-refractivity contribution in [3.8, 4) is 0 Å². The fourth-order valence-electron chi connectivity index (χ4n) is 1.65. The molecule has 0 heterocycles. The summed E-state index contributed by atoms with van der Waals surface area (Å²) in [6.07, 6.45) is 3.64. The second-order valence-electron chi connectivity index (χ2n) is 4.06. The zero-order valence-corrected chi connectivity index (χ0v) is 9.91. The molecule has 0 unspecified atom stereocenters. The van der Waals surface area contributed by atoms with Crippen LogP contribution in [0.5, 0.6) is 0 Å². The quantitative estimate of drug-likeness (QED) is 0.625. The minimum absolute atomic E-state index is 0.181. The van der Waals surface area contributed by atoms with E-state index in [1.165, 1.54) is 0 Å². The topological polar surface area (TPSA) is 73.6 Å². The molecule has 96 valence electrons. The van der Waals surface area contributed by atoms with Crippen molar-refractivity contribution in [2.45, 2.75) is 25.2 Å². The maximum absolute atomic E-state index is 11.4. The van der Waals surface area contributed by atoms with E-state index in [1.54, 1.807) is 0 Å². The second kappa shape index (κ2) is 6.18. The highest BCUT2D eigenvalue weighted by atomic mass is 16.7. The molecule has 0 aliphatic heterocycles. The Kier molecular flexibility index (Phi) is 4.33. The molecular weight excluding hydrogens is 232 g/mol. The Balaban J connectivity index is 1.67. The third kappa shape index (κ3) is 3.58. The van der Waals surface area contributed by atoms with E-state index in [0.29, 0.717) is 6.42 Å². The van der Waals surface area contributed by atoms with Crippen molar-refractivity contribution in [3.63, 3.8) is 0 Å². The lowest BCUT2D eigenvalue weighted by Crippen LogP contribution is -2.38. The first-order valence-corrected chi connectivity index (χ1v) is 5.80. The Morgan fingerprint density at radius 2 is 2.17 bits per heavy atom. The lowest BCUT2D eigenvalue weighted by atomic mass is 10.2. The van der Waals surface area contributed by atoms with Crippen LogP contribution < -0.4 is 11.2 Å². The van der Waals surface area contributed by atoms with Crippen molar-refractivity contribution in [2.75, 3.05) is 0 Å². The molecule has 1 aliphatic rings. The van der Waals surface area contributed by atoms with Gasteiger partial charge in [0.05, 0.1) is 6.04 Å². The van der Waals surface area contributed by atoms with E-state index in [1.807, 2.05) is 42.5 Å². The molecule has 1 aliphatic carbocycles. The number of hydrogen-bond donors (Lipinski definition) is 2. The number of rotatable bonds is 4. The molecule has 5 heteroatoms. The van der Waals surface area contributed by atoms with Crippen LogP contribution in [0.3, 0.4) is 0 Å². The normalized spacial score (nSPS) is 21.8. The van der Waals surface area contributed by atoms with Crippen molar-refractivity contribution in [2.24, 2.45) is 5.73 Å². The van der Waals surface area contributed by atoms with Gasteiger partial charge in [-0.25, -0.2) is 4.79 Å². The monoisotopic (exact) mass is 248 g/mol. The number of amides is 1. The molecule has 1 aromatic carbocycles. The molecule has 0 spiro atoms. The first kappa shape index (κ1) is 12.6. The van der Waals surface area contributed by atoms with Crippen LogP contribution in [0.15, 0.2) is 42.5 Å². The van der Waals surface area contributed by atoms with Gasteiger partial charge in [0.15, 0.2) is 0 Å². The first-order valence-electron chi connectivity index (χ1n) is 5.80. The highest BCUT2D eigenvalue weighted by Gasteiger charge is 2.21. The van der Waals surface area contributed by atoms with Gasteiger partial charge in [0.25, 0.3) is 0 Å². The van der Waals surface area contributed by atoms with E-state index in [4.69, 9.17) is 15.3 Å². The molecule has 1 amide bonds. The van der Waals surface area contributed by atoms with Crippen molar-refractivity contribution in [3.05, 3.63) is 48.0 Å². The molecule has 1 aromatic rings. The van der Waals surface area contributed by atoms with Gasteiger partial charge >= 0.3 is 6.09 Å². The van der Waals surface area contributed by atoms with E-state index in [9.17, 15) is 4.79 Å². The van der Waals surface area contributed by atoms with Crippen molar-refractivity contribution in [1.29, 1.82) is 0 Å². The van der Waals surface area contributed by atoms with Crippen LogP contribution in [0.1, 0.15) is 12.0 Å². The Bertz CT molecular complexity index is 420. The van der Waals surface area contributed by atoms with Crippen LogP contribution in [0.25, 0.3) is 0 Å². The zero-order valence-electron chi connectivity index (χ0n) is 9.91. The number of carbonyl (C=O) groups is 1. The Morgan fingerprint density at radius 1 is 1.39 bits per heavy atom. The maximum atomic E-state index is 11.4. The van der Waals surface area contributed by atoms with E-state index in [0.717, 1.165) is 5.56 Å². The molecule has 0 saturated heterocycles. The second-order valence-corrected chi connectivity index (χ2v) is 4.06. The summed E-state index contributed by atoms with van der Waals surface area (Å²) in [5.74, 6) is 0. The van der Waals surface area contributed by atoms with Gasteiger partial charge in [0.2, 0.25) is 0 Å². The maximum Gasteiger partial charge on any atom is 0.431 e. The summed E-state index contributed by atoms with van der Waals surface area (Å²) in [6, 6.07) is 9.25. The number of carbonyl (C=O) groups excluding carboxylic acids is 1. The van der Waals surface area contributed by atoms with E-state index >= 15 is 0 Å². The number of hydrogen-bond acceptors (Lipinski definition) is 4. The molecule has 5 nitrogen and oxygen atoms in total. The average Bonchev–Trinajstić information content (AvgIpc) is 2.81. The fourth-order valence-corrected chi connectivity index (χ4v) is 1.65. The summed E-state index contributed by atoms with van der Waals surface area (Å²) in [5, 5.41) is 0. The van der Waals surface area contributed by atoms with Gasteiger partial charge in [0, 0.05) is 0 Å². The Hall–Kier alpha value is -1.85. The van der Waals surface area contributed by atoms with E-state index < -0.39 is 6.09 Å². The molecule has 3 N–H and O–H groups in total. The zero-order chi connectivity index (χ0) is 12.8. The van der Waals surface area contributed by atoms with Gasteiger partial charge < -0.3 is 10.5 Å². The van der Waals surface area contributed by atoms with Gasteiger partial charge in [-0.3, -0.25) is 4.84 Å². The number of nitrogens with two attached hydrogens (primary N) is 1. The third-order valence-corrected chi connectivity index (χ3v) is 2.66. The minimum atomic E-state index is -0.613. The Labute approximate surface area is 106 Å². The molecule has 0 bridgehead atoms. The van der Waals surface area contributed by atoms with Crippen molar-refractivity contribution >= 4 is 6.09 Å². The smallest absolute Gasteiger partial charge is 0.431 e. The summed E-state index contributed by atoms with van der Waals surface area (Å²) in [5.41, 5.74) is 8.89. The predicted octanol–water partition coefficient (Wildman–Crippen LogP) is 1.50. The van der Waals surface area contributed by atoms with Crippen molar-refractivity contribution < 1.29 is 14.4 Å². The van der Waals surface area contributed by atoms with Crippen LogP contribution in [0.2, 0.25) is 0 Å². The van der Waals surface area contributed by atoms with Gasteiger partial charge in [-0.05, 0) is 12.0 Å². The van der Waals surface area contributed by atoms with Crippen molar-refractivity contribution in [1.82, 2.24) is 5.48 Å². The molecule has 2 atom stereocenters. The lowest BCUT2D eigenvalue weighted by molar-refractivity contribution is -0.0248. The van der Waals surface area contributed by atoms with Crippen LogP contribution in [-0.2, 0) is 16.2 Å². The molecular formula is C13H16N2O3. The highest BCUT2D eigenvalue weighted by molar-refractivity contribution is 5.65. The summed E-state index contributed by atoms with van der Waals surface area (Å²) >= 11 is 0. The number of ether oxygens (including phenoxy) is 1. The van der Waals surface area contributed by atoms with Gasteiger partial charge in [-0.1, -0.05) is 42.5 Å². The molecule has 0 fully saturated rings. The molecule has 18 heavy (non-hydrogen) atoms. The SMILES string of the molecule is N[C@H]1C=CC[C@H]1ONC(=O)OCc1ccccc1. The largest absolute Gasteiger partial charge is 0.443 e. The summed E-state index contributed by atoms with van der Waals surface area (Å²) in [4.78, 5) is 16.5. The number of nitrogens with one attached hydrogen (secondary N) is 1. The standard InChI is InChI=1S/C13H16N2O3/c14-11-7-4-8-12(11)18-15-13(16)17-9-10-5-2-1-3-6-10/h1-7,11-12H,8-9,14H2,(H,15,16)/t11-,12+/m0/s1. The third-order valence-electron chi connectivity index (χ3n) is 2.66. The fraction of sp³-hybridized carbons (Fsp3) is 0.308. The van der Waals surface area contributed by atoms with Crippen LogP contribution in [0, 0.1) is 0 Å². The van der Waals surface area contributed by atoms with E-state index in [-0.39, 0.29) is 18.8 Å². The summed E-state index contributed by atoms with van der Waals surface area (Å²) < 4.78 is 4.99. The van der Waals surface area contributed by atoms with Crippen LogP contribution in [0.4, 0.5) is 4.79 Å². The highest BCUT2D eigenvalue weighted by Crippen LogP contribution is 2.11. The molecule has 0 aromatic heterocycles. The average molecular weight is 248 g/mol. The van der Waals surface area contributed by atoms with Crippen LogP contribution in [-0.4, -0.2) is 18.2 Å². The summed E-state index contributed by atoms with van der Waals surface area (Å²) in [6.45, 7) is 0.213. The number of hydroxylamine groups is 1. The van der Waals surface area contributed by atoms with Gasteiger partial charge in [0.1, 0.15) is 12.7 Å². The minimum Gasteiger partial charge on any atom is -0.443 e.